The molecule has 40 heavy (non-hydrogen) atoms. The van der Waals surface area contributed by atoms with Crippen LogP contribution in [0.3, 0.4) is 0 Å². The summed E-state index contributed by atoms with van der Waals surface area (Å²) in [5, 5.41) is 0. The Hall–Kier alpha value is -0.0800. The third-order valence-electron chi connectivity index (χ3n) is 13.9. The highest BCUT2D eigenvalue weighted by Crippen LogP contribution is 2.45. The average Bonchev–Trinajstić information content (AvgIpc) is 3.01. The fraction of sp³-hybridized carbons (Fsp3) is 1.00. The number of rotatable bonds is 7. The minimum absolute atomic E-state index is 0.904. The molecule has 0 aliphatic heterocycles. The highest BCUT2D eigenvalue weighted by Gasteiger charge is 2.42. The molecule has 6 aliphatic rings. The quantitative estimate of drug-likeness (QED) is 0.310. The summed E-state index contributed by atoms with van der Waals surface area (Å²) in [5.74, 6) is 3.96. The van der Waals surface area contributed by atoms with Crippen LogP contribution in [0.1, 0.15) is 181 Å². The van der Waals surface area contributed by atoms with Gasteiger partial charge in [-0.3, -0.25) is 9.80 Å². The number of hydrogen-bond donors (Lipinski definition) is 0. The smallest absolute Gasteiger partial charge is 0.0127 e. The van der Waals surface area contributed by atoms with Gasteiger partial charge in [0, 0.05) is 36.3 Å². The summed E-state index contributed by atoms with van der Waals surface area (Å²) in [5.41, 5.74) is 0. The molecule has 4 atom stereocenters. The molecule has 0 aromatic carbocycles. The van der Waals surface area contributed by atoms with Crippen LogP contribution < -0.4 is 0 Å². The summed E-state index contributed by atoms with van der Waals surface area (Å²) in [6.07, 6.45) is 39.3. The summed E-state index contributed by atoms with van der Waals surface area (Å²) < 4.78 is 0. The molecule has 0 radical (unpaired) electrons. The molecule has 0 saturated heterocycles. The first-order chi connectivity index (χ1) is 19.7. The molecular formula is C38H68N2. The molecule has 6 fully saturated rings. The van der Waals surface area contributed by atoms with Crippen molar-refractivity contribution in [1.82, 2.24) is 9.80 Å². The van der Waals surface area contributed by atoms with Gasteiger partial charge < -0.3 is 0 Å². The van der Waals surface area contributed by atoms with Gasteiger partial charge in [-0.1, -0.05) is 78.1 Å². The number of hydrogen-bond acceptors (Lipinski definition) is 2. The second-order valence-electron chi connectivity index (χ2n) is 16.3. The van der Waals surface area contributed by atoms with Crippen molar-refractivity contribution >= 4 is 0 Å². The highest BCUT2D eigenvalue weighted by atomic mass is 15.2. The summed E-state index contributed by atoms with van der Waals surface area (Å²) >= 11 is 0. The maximum absolute atomic E-state index is 3.21. The molecular weight excluding hydrogens is 484 g/mol. The molecule has 230 valence electrons. The molecule has 0 bridgehead atoms. The first kappa shape index (κ1) is 30.0. The third-order valence-corrected chi connectivity index (χ3v) is 13.9. The minimum atomic E-state index is 0.904. The fourth-order valence-electron chi connectivity index (χ4n) is 11.7. The van der Waals surface area contributed by atoms with Gasteiger partial charge in [0.25, 0.3) is 0 Å². The van der Waals surface area contributed by atoms with Gasteiger partial charge in [0.15, 0.2) is 0 Å². The lowest BCUT2D eigenvalue weighted by Gasteiger charge is -2.52. The van der Waals surface area contributed by atoms with Crippen molar-refractivity contribution in [3.8, 4) is 0 Å². The van der Waals surface area contributed by atoms with Crippen molar-refractivity contribution < 1.29 is 0 Å². The summed E-state index contributed by atoms with van der Waals surface area (Å²) in [6.45, 7) is 5.21. The van der Waals surface area contributed by atoms with E-state index in [4.69, 9.17) is 0 Å². The van der Waals surface area contributed by atoms with Crippen molar-refractivity contribution in [2.45, 2.75) is 217 Å². The first-order valence-corrected chi connectivity index (χ1v) is 19.2. The molecule has 0 amide bonds. The van der Waals surface area contributed by atoms with E-state index >= 15 is 0 Å². The van der Waals surface area contributed by atoms with Crippen LogP contribution in [0.4, 0.5) is 0 Å². The zero-order valence-electron chi connectivity index (χ0n) is 27.1. The second-order valence-corrected chi connectivity index (χ2v) is 16.3. The largest absolute Gasteiger partial charge is 0.294 e. The lowest BCUT2D eigenvalue weighted by atomic mass is 9.69. The van der Waals surface area contributed by atoms with Crippen LogP contribution in [-0.4, -0.2) is 46.1 Å². The van der Waals surface area contributed by atoms with Gasteiger partial charge in [-0.05, 0) is 126 Å². The highest BCUT2D eigenvalue weighted by molar-refractivity contribution is 4.96. The number of nitrogens with zero attached hydrogens (tertiary/aromatic N) is 2. The predicted molar refractivity (Wildman–Crippen MR) is 172 cm³/mol. The molecule has 2 nitrogen and oxygen atoms in total. The van der Waals surface area contributed by atoms with Crippen molar-refractivity contribution in [3.05, 3.63) is 0 Å². The van der Waals surface area contributed by atoms with Gasteiger partial charge in [-0.25, -0.2) is 0 Å². The molecule has 0 N–H and O–H groups in total. The Balaban J connectivity index is 1.05. The normalized spacial score (nSPS) is 41.4. The predicted octanol–water partition coefficient (Wildman–Crippen LogP) is 10.5. The zero-order valence-corrected chi connectivity index (χ0v) is 27.1. The average molecular weight is 553 g/mol. The van der Waals surface area contributed by atoms with Gasteiger partial charge >= 0.3 is 0 Å². The van der Waals surface area contributed by atoms with E-state index in [1.807, 2.05) is 0 Å². The van der Waals surface area contributed by atoms with E-state index < -0.39 is 0 Å². The molecule has 6 aliphatic carbocycles. The fourth-order valence-corrected chi connectivity index (χ4v) is 11.7. The van der Waals surface area contributed by atoms with E-state index in [1.54, 1.807) is 25.7 Å². The summed E-state index contributed by atoms with van der Waals surface area (Å²) in [4.78, 5) is 6.42. The van der Waals surface area contributed by atoms with Crippen molar-refractivity contribution in [1.29, 1.82) is 0 Å². The summed E-state index contributed by atoms with van der Waals surface area (Å²) in [7, 11) is 0. The monoisotopic (exact) mass is 553 g/mol. The van der Waals surface area contributed by atoms with Crippen molar-refractivity contribution in [3.63, 3.8) is 0 Å². The minimum Gasteiger partial charge on any atom is -0.294 e. The van der Waals surface area contributed by atoms with Gasteiger partial charge in [-0.15, -0.1) is 0 Å². The van der Waals surface area contributed by atoms with Crippen LogP contribution in [0.25, 0.3) is 0 Å². The Morgan fingerprint density at radius 2 is 0.600 bits per heavy atom. The van der Waals surface area contributed by atoms with Crippen LogP contribution >= 0.6 is 0 Å². The molecule has 0 spiro atoms. The Morgan fingerprint density at radius 1 is 0.300 bits per heavy atom. The molecule has 0 aromatic heterocycles. The Labute approximate surface area is 250 Å². The van der Waals surface area contributed by atoms with Crippen molar-refractivity contribution in [2.24, 2.45) is 23.7 Å². The van der Waals surface area contributed by atoms with Gasteiger partial charge in [-0.2, -0.15) is 0 Å². The van der Waals surface area contributed by atoms with Gasteiger partial charge in [0.1, 0.15) is 0 Å². The lowest BCUT2D eigenvalue weighted by Crippen LogP contribution is -2.55. The van der Waals surface area contributed by atoms with E-state index in [9.17, 15) is 0 Å². The molecule has 0 aromatic rings. The standard InChI is InChI=1S/C38H68N2/c1-29-13-9-11-19-37(29)39(33-15-5-3-6-16-33)35-25-21-31(22-26-35)32-23-27-36(28-24-32)40(34-17-7-4-8-18-34)38-20-12-10-14-30(38)2/h29-38H,3-28H2,1-2H3. The van der Waals surface area contributed by atoms with Gasteiger partial charge in [0.05, 0.1) is 0 Å². The SMILES string of the molecule is CC1CCCCC1N(C1CCCCC1)C1CCC(C2CCC(N(C3CCCCC3)C3CCCCC3C)CC2)CC1. The van der Waals surface area contributed by atoms with Crippen LogP contribution in [0.15, 0.2) is 0 Å². The Kier molecular flexibility index (Phi) is 10.9. The third kappa shape index (κ3) is 7.00. The Morgan fingerprint density at radius 3 is 0.950 bits per heavy atom. The molecule has 6 rings (SSSR count). The van der Waals surface area contributed by atoms with E-state index in [0.717, 1.165) is 59.9 Å². The van der Waals surface area contributed by atoms with Crippen LogP contribution in [0, 0.1) is 23.7 Å². The van der Waals surface area contributed by atoms with Crippen LogP contribution in [-0.2, 0) is 0 Å². The van der Waals surface area contributed by atoms with E-state index in [-0.39, 0.29) is 0 Å². The van der Waals surface area contributed by atoms with Crippen LogP contribution in [0.5, 0.6) is 0 Å². The topological polar surface area (TPSA) is 6.48 Å². The van der Waals surface area contributed by atoms with Gasteiger partial charge in [0.2, 0.25) is 0 Å². The zero-order chi connectivity index (χ0) is 27.3. The van der Waals surface area contributed by atoms with Crippen molar-refractivity contribution in [2.75, 3.05) is 0 Å². The van der Waals surface area contributed by atoms with E-state index in [0.29, 0.717) is 0 Å². The molecule has 4 unspecified atom stereocenters. The molecule has 6 saturated carbocycles. The lowest BCUT2D eigenvalue weighted by molar-refractivity contribution is -0.0216. The van der Waals surface area contributed by atoms with E-state index in [1.165, 1.54) is 141 Å². The van der Waals surface area contributed by atoms with E-state index in [2.05, 4.69) is 23.6 Å². The molecule has 2 heteroatoms. The maximum atomic E-state index is 3.21. The maximum Gasteiger partial charge on any atom is 0.0127 e. The second kappa shape index (κ2) is 14.6. The first-order valence-electron chi connectivity index (χ1n) is 19.2. The summed E-state index contributed by atoms with van der Waals surface area (Å²) in [6, 6.07) is 5.48. The molecule has 0 heterocycles. The van der Waals surface area contributed by atoms with Crippen LogP contribution in [0.2, 0.25) is 0 Å². The Bertz CT molecular complexity index is 660.